The van der Waals surface area contributed by atoms with E-state index in [4.69, 9.17) is 10.3 Å². The van der Waals surface area contributed by atoms with Crippen LogP contribution in [0.25, 0.3) is 11.3 Å². The molecule has 0 spiro atoms. The molecular formula is C17H21Cl2FN6O. The maximum atomic E-state index is 13.1. The van der Waals surface area contributed by atoms with Crippen molar-refractivity contribution < 1.29 is 8.91 Å². The van der Waals surface area contributed by atoms with E-state index in [9.17, 15) is 4.39 Å². The Bertz CT molecular complexity index is 853. The number of nitrogens with two attached hydrogens (primary N) is 1. The number of imidazole rings is 1. The molecule has 2 aromatic heterocycles. The van der Waals surface area contributed by atoms with Crippen LogP contribution in [0.1, 0.15) is 36.4 Å². The van der Waals surface area contributed by atoms with Gasteiger partial charge in [0.1, 0.15) is 11.6 Å². The summed E-state index contributed by atoms with van der Waals surface area (Å²) in [5.41, 5.74) is 7.30. The lowest BCUT2D eigenvalue weighted by Gasteiger charge is -2.20. The highest BCUT2D eigenvalue weighted by molar-refractivity contribution is 5.85. The highest BCUT2D eigenvalue weighted by Crippen LogP contribution is 2.32. The van der Waals surface area contributed by atoms with Crippen LogP contribution in [0, 0.1) is 5.82 Å². The van der Waals surface area contributed by atoms with E-state index < -0.39 is 0 Å². The fourth-order valence-corrected chi connectivity index (χ4v) is 3.23. The lowest BCUT2D eigenvalue weighted by atomic mass is 10.2. The number of halogens is 3. The van der Waals surface area contributed by atoms with E-state index >= 15 is 0 Å². The van der Waals surface area contributed by atoms with Gasteiger partial charge in [-0.3, -0.25) is 4.90 Å². The molecule has 1 atom stereocenters. The van der Waals surface area contributed by atoms with Crippen molar-refractivity contribution in [2.45, 2.75) is 32.0 Å². The Morgan fingerprint density at radius 1 is 1.26 bits per heavy atom. The number of benzene rings is 1. The summed E-state index contributed by atoms with van der Waals surface area (Å²) in [7, 11) is 0. The third-order valence-corrected chi connectivity index (χ3v) is 4.46. The monoisotopic (exact) mass is 414 g/mol. The zero-order valence-corrected chi connectivity index (χ0v) is 16.1. The molecule has 146 valence electrons. The van der Waals surface area contributed by atoms with Gasteiger partial charge in [0, 0.05) is 0 Å². The zero-order valence-electron chi connectivity index (χ0n) is 14.5. The molecule has 1 unspecified atom stereocenters. The first-order valence-electron chi connectivity index (χ1n) is 8.29. The van der Waals surface area contributed by atoms with E-state index in [1.807, 2.05) is 0 Å². The first-order chi connectivity index (χ1) is 12.2. The third-order valence-electron chi connectivity index (χ3n) is 4.46. The summed E-state index contributed by atoms with van der Waals surface area (Å²) in [6, 6.07) is 6.56. The second-order valence-corrected chi connectivity index (χ2v) is 6.13. The molecule has 7 nitrogen and oxygen atoms in total. The number of nitrogens with one attached hydrogen (secondary N) is 1. The summed E-state index contributed by atoms with van der Waals surface area (Å²) < 4.78 is 18.1. The van der Waals surface area contributed by atoms with E-state index in [0.29, 0.717) is 18.3 Å². The van der Waals surface area contributed by atoms with Gasteiger partial charge in [-0.2, -0.15) is 4.98 Å². The molecule has 0 amide bonds. The van der Waals surface area contributed by atoms with Gasteiger partial charge in [0.15, 0.2) is 5.82 Å². The molecule has 3 N–H and O–H groups in total. The normalized spacial score (nSPS) is 16.7. The van der Waals surface area contributed by atoms with Crippen LogP contribution in [0.4, 0.5) is 4.39 Å². The van der Waals surface area contributed by atoms with E-state index in [-0.39, 0.29) is 43.2 Å². The second kappa shape index (κ2) is 9.27. The second-order valence-electron chi connectivity index (χ2n) is 6.13. The molecule has 10 heteroatoms. The predicted octanol–water partition coefficient (Wildman–Crippen LogP) is 3.24. The maximum absolute atomic E-state index is 13.1. The standard InChI is InChI=1S/C17H19FN6O.2ClH/c18-12-5-3-11(4-6-12)13-9-20-17(21-13)14-2-1-7-24(14)10-15-22-16(8-19)25-23-15;;/h3-6,9,14H,1-2,7-8,10,19H2,(H,20,21);2*1H. The van der Waals surface area contributed by atoms with Crippen molar-refractivity contribution >= 4 is 24.8 Å². The summed E-state index contributed by atoms with van der Waals surface area (Å²) in [6.07, 6.45) is 3.89. The molecule has 0 bridgehead atoms. The number of H-pyrrole nitrogens is 1. The Morgan fingerprint density at radius 2 is 2.04 bits per heavy atom. The molecule has 1 fully saturated rings. The van der Waals surface area contributed by atoms with Crippen LogP contribution in [0.15, 0.2) is 35.0 Å². The quantitative estimate of drug-likeness (QED) is 0.664. The minimum atomic E-state index is -0.248. The van der Waals surface area contributed by atoms with Gasteiger partial charge in [0.2, 0.25) is 5.89 Å². The van der Waals surface area contributed by atoms with E-state index in [1.165, 1.54) is 12.1 Å². The van der Waals surface area contributed by atoms with Crippen molar-refractivity contribution in [3.05, 3.63) is 53.8 Å². The lowest BCUT2D eigenvalue weighted by molar-refractivity contribution is 0.231. The number of hydrogen-bond donors (Lipinski definition) is 2. The summed E-state index contributed by atoms with van der Waals surface area (Å²) >= 11 is 0. The number of hydrogen-bond acceptors (Lipinski definition) is 6. The third kappa shape index (κ3) is 4.65. The molecule has 1 aliphatic heterocycles. The highest BCUT2D eigenvalue weighted by atomic mass is 35.5. The Hall–Kier alpha value is -2.00. The summed E-state index contributed by atoms with van der Waals surface area (Å²) in [5.74, 6) is 1.74. The van der Waals surface area contributed by atoms with Gasteiger partial charge in [-0.15, -0.1) is 24.8 Å². The van der Waals surface area contributed by atoms with E-state index in [2.05, 4.69) is 25.0 Å². The number of rotatable bonds is 5. The highest BCUT2D eigenvalue weighted by Gasteiger charge is 2.29. The summed E-state index contributed by atoms with van der Waals surface area (Å²) in [6.45, 7) is 1.79. The molecule has 3 heterocycles. The Morgan fingerprint density at radius 3 is 2.74 bits per heavy atom. The Labute approximate surface area is 168 Å². The predicted molar refractivity (Wildman–Crippen MR) is 103 cm³/mol. The largest absolute Gasteiger partial charge is 0.341 e. The zero-order chi connectivity index (χ0) is 17.2. The van der Waals surface area contributed by atoms with Gasteiger partial charge < -0.3 is 15.2 Å². The molecular weight excluding hydrogens is 394 g/mol. The average molecular weight is 415 g/mol. The fraction of sp³-hybridized carbons (Fsp3) is 0.353. The van der Waals surface area contributed by atoms with Gasteiger partial charge in [0.25, 0.3) is 0 Å². The van der Waals surface area contributed by atoms with Gasteiger partial charge in [0.05, 0.1) is 31.0 Å². The van der Waals surface area contributed by atoms with Crippen LogP contribution in [-0.4, -0.2) is 31.6 Å². The van der Waals surface area contributed by atoms with Crippen molar-refractivity contribution in [2.24, 2.45) is 5.73 Å². The minimum Gasteiger partial charge on any atom is -0.341 e. The number of aromatic nitrogens is 4. The van der Waals surface area contributed by atoms with Crippen LogP contribution in [-0.2, 0) is 13.1 Å². The molecule has 1 saturated heterocycles. The molecule has 1 aliphatic rings. The molecule has 3 aromatic rings. The summed E-state index contributed by atoms with van der Waals surface area (Å²) in [5, 5.41) is 3.97. The summed E-state index contributed by atoms with van der Waals surface area (Å²) in [4.78, 5) is 14.4. The number of nitrogens with zero attached hydrogens (tertiary/aromatic N) is 4. The van der Waals surface area contributed by atoms with Crippen molar-refractivity contribution in [1.82, 2.24) is 25.0 Å². The van der Waals surface area contributed by atoms with Crippen molar-refractivity contribution in [3.63, 3.8) is 0 Å². The SMILES string of the molecule is Cl.Cl.NCc1nc(CN2CCCC2c2ncc(-c3ccc(F)cc3)[nH]2)no1. The van der Waals surface area contributed by atoms with Crippen molar-refractivity contribution in [2.75, 3.05) is 6.54 Å². The van der Waals surface area contributed by atoms with Crippen molar-refractivity contribution in [3.8, 4) is 11.3 Å². The van der Waals surface area contributed by atoms with Gasteiger partial charge in [-0.05, 0) is 49.2 Å². The maximum Gasteiger partial charge on any atom is 0.240 e. The Balaban J connectivity index is 0.00000131. The van der Waals surface area contributed by atoms with Gasteiger partial charge >= 0.3 is 0 Å². The smallest absolute Gasteiger partial charge is 0.240 e. The van der Waals surface area contributed by atoms with Crippen LogP contribution in [0.5, 0.6) is 0 Å². The van der Waals surface area contributed by atoms with Gasteiger partial charge in [-0.25, -0.2) is 9.37 Å². The van der Waals surface area contributed by atoms with Gasteiger partial charge in [-0.1, -0.05) is 5.16 Å². The average Bonchev–Trinajstić information content (AvgIpc) is 3.36. The van der Waals surface area contributed by atoms with Crippen LogP contribution in [0.3, 0.4) is 0 Å². The van der Waals surface area contributed by atoms with E-state index in [1.54, 1.807) is 18.3 Å². The molecule has 4 rings (SSSR count). The first-order valence-corrected chi connectivity index (χ1v) is 8.29. The topological polar surface area (TPSA) is 96.9 Å². The molecule has 0 aliphatic carbocycles. The van der Waals surface area contributed by atoms with Crippen LogP contribution >= 0.6 is 24.8 Å². The van der Waals surface area contributed by atoms with Crippen molar-refractivity contribution in [1.29, 1.82) is 0 Å². The number of likely N-dealkylation sites (tertiary alicyclic amines) is 1. The van der Waals surface area contributed by atoms with E-state index in [0.717, 1.165) is 36.5 Å². The van der Waals surface area contributed by atoms with Crippen LogP contribution < -0.4 is 5.73 Å². The lowest BCUT2D eigenvalue weighted by Crippen LogP contribution is -2.24. The van der Waals surface area contributed by atoms with Crippen LogP contribution in [0.2, 0.25) is 0 Å². The fourth-order valence-electron chi connectivity index (χ4n) is 3.23. The number of aromatic amines is 1. The first kappa shape index (κ1) is 21.3. The Kier molecular flexibility index (Phi) is 7.32. The molecule has 0 radical (unpaired) electrons. The molecule has 27 heavy (non-hydrogen) atoms. The molecule has 0 saturated carbocycles. The molecule has 1 aromatic carbocycles. The minimum absolute atomic E-state index is 0.